The molecule has 0 radical (unpaired) electrons. The van der Waals surface area contributed by atoms with Crippen molar-refractivity contribution >= 4 is 52.2 Å². The normalized spacial score (nSPS) is 14.6. The maximum absolute atomic E-state index is 13.0. The first kappa shape index (κ1) is 24.8. The van der Waals surface area contributed by atoms with Crippen LogP contribution in [0, 0.1) is 12.8 Å². The Bertz CT molecular complexity index is 1570. The molecule has 1 fully saturated rings. The van der Waals surface area contributed by atoms with E-state index in [1.807, 2.05) is 30.5 Å². The zero-order valence-electron chi connectivity index (χ0n) is 21.1. The standard InChI is InChI=1S/C27H25ClN8O3/c1-15-6-23(35-39-15)26(38)36-13-17(14-36)8-24(37)33-22-5-4-19-9-18(22)3-2-16-7-20(11-29-10-16)32-27-30-12-21(28)25(31-19)34-27/h4-7,9-12,17H,2-3,8,13-14H2,1H3,(H,33,37)(H2,30,31,32,34). The molecule has 2 amide bonds. The fraction of sp³-hybridized carbons (Fsp3) is 0.259. The summed E-state index contributed by atoms with van der Waals surface area (Å²) < 4.78 is 4.99. The van der Waals surface area contributed by atoms with Gasteiger partial charge in [-0.15, -0.1) is 0 Å². The minimum absolute atomic E-state index is 0.0864. The maximum atomic E-state index is 13.0. The number of nitrogens with zero attached hydrogens (tertiary/aromatic N) is 5. The summed E-state index contributed by atoms with van der Waals surface area (Å²) in [4.78, 5) is 40.2. The van der Waals surface area contributed by atoms with Gasteiger partial charge in [0.1, 0.15) is 10.8 Å². The number of nitrogens with one attached hydrogen (secondary N) is 3. The molecule has 1 saturated heterocycles. The third kappa shape index (κ3) is 5.53. The predicted octanol–water partition coefficient (Wildman–Crippen LogP) is 4.51. The largest absolute Gasteiger partial charge is 0.361 e. The highest BCUT2D eigenvalue weighted by atomic mass is 35.5. The van der Waals surface area contributed by atoms with Crippen molar-refractivity contribution in [1.29, 1.82) is 0 Å². The molecule has 39 heavy (non-hydrogen) atoms. The summed E-state index contributed by atoms with van der Waals surface area (Å²) in [6.45, 7) is 2.76. The molecule has 0 atom stereocenters. The number of amides is 2. The van der Waals surface area contributed by atoms with Crippen LogP contribution < -0.4 is 16.0 Å². The predicted molar refractivity (Wildman–Crippen MR) is 146 cm³/mol. The lowest BCUT2D eigenvalue weighted by Crippen LogP contribution is -2.51. The number of halogens is 1. The van der Waals surface area contributed by atoms with Gasteiger partial charge in [-0.1, -0.05) is 16.8 Å². The smallest absolute Gasteiger partial charge is 0.276 e. The van der Waals surface area contributed by atoms with E-state index in [2.05, 4.69) is 36.1 Å². The molecule has 6 bridgehead atoms. The lowest BCUT2D eigenvalue weighted by Gasteiger charge is -2.38. The molecular weight excluding hydrogens is 520 g/mol. The van der Waals surface area contributed by atoms with Crippen molar-refractivity contribution in [2.24, 2.45) is 5.92 Å². The Balaban J connectivity index is 1.16. The van der Waals surface area contributed by atoms with Gasteiger partial charge in [0.25, 0.3) is 5.91 Å². The second kappa shape index (κ2) is 10.3. The molecule has 3 aromatic heterocycles. The van der Waals surface area contributed by atoms with E-state index in [-0.39, 0.29) is 17.7 Å². The third-order valence-electron chi connectivity index (χ3n) is 6.69. The lowest BCUT2D eigenvalue weighted by molar-refractivity contribution is -0.118. The highest BCUT2D eigenvalue weighted by Gasteiger charge is 2.34. The van der Waals surface area contributed by atoms with Gasteiger partial charge in [-0.2, -0.15) is 4.98 Å². The van der Waals surface area contributed by atoms with Crippen molar-refractivity contribution < 1.29 is 14.1 Å². The first-order valence-corrected chi connectivity index (χ1v) is 12.9. The van der Waals surface area contributed by atoms with Crippen LogP contribution in [0.3, 0.4) is 0 Å². The summed E-state index contributed by atoms with van der Waals surface area (Å²) in [5.74, 6) is 1.26. The number of benzene rings is 1. The van der Waals surface area contributed by atoms with Gasteiger partial charge in [-0.3, -0.25) is 14.6 Å². The molecule has 11 nitrogen and oxygen atoms in total. The number of likely N-dealkylation sites (tertiary alicyclic amines) is 1. The molecule has 0 saturated carbocycles. The van der Waals surface area contributed by atoms with Crippen LogP contribution in [0.5, 0.6) is 0 Å². The summed E-state index contributed by atoms with van der Waals surface area (Å²) in [5.41, 5.74) is 4.58. The minimum atomic E-state index is -0.178. The average Bonchev–Trinajstić information content (AvgIpc) is 3.33. The molecule has 198 valence electrons. The van der Waals surface area contributed by atoms with Gasteiger partial charge in [-0.25, -0.2) is 4.98 Å². The monoisotopic (exact) mass is 544 g/mol. The lowest BCUT2D eigenvalue weighted by atomic mass is 9.95. The van der Waals surface area contributed by atoms with Crippen molar-refractivity contribution in [3.8, 4) is 0 Å². The molecule has 0 aliphatic carbocycles. The highest BCUT2D eigenvalue weighted by molar-refractivity contribution is 6.32. The Kier molecular flexibility index (Phi) is 6.57. The van der Waals surface area contributed by atoms with Crippen LogP contribution in [0.15, 0.2) is 53.4 Å². The Morgan fingerprint density at radius 3 is 2.79 bits per heavy atom. The fourth-order valence-corrected chi connectivity index (χ4v) is 4.85. The van der Waals surface area contributed by atoms with Crippen molar-refractivity contribution in [1.82, 2.24) is 25.0 Å². The number of aromatic nitrogens is 4. The Labute approximate surface area is 229 Å². The van der Waals surface area contributed by atoms with Gasteiger partial charge in [0.2, 0.25) is 11.9 Å². The third-order valence-corrected chi connectivity index (χ3v) is 6.96. The molecular formula is C27H25ClN8O3. The first-order valence-electron chi connectivity index (χ1n) is 12.6. The van der Waals surface area contributed by atoms with Crippen LogP contribution in [0.2, 0.25) is 5.02 Å². The number of carbonyl (C=O) groups excluding carboxylic acids is 2. The van der Waals surface area contributed by atoms with Gasteiger partial charge in [0.15, 0.2) is 11.5 Å². The quantitative estimate of drug-likeness (QED) is 0.338. The summed E-state index contributed by atoms with van der Waals surface area (Å²) >= 11 is 6.35. The van der Waals surface area contributed by atoms with Crippen molar-refractivity contribution in [3.63, 3.8) is 0 Å². The van der Waals surface area contributed by atoms with E-state index in [4.69, 9.17) is 16.1 Å². The zero-order chi connectivity index (χ0) is 26.9. The first-order chi connectivity index (χ1) is 18.9. The van der Waals surface area contributed by atoms with Gasteiger partial charge >= 0.3 is 0 Å². The molecule has 2 aliphatic heterocycles. The Morgan fingerprint density at radius 1 is 1.10 bits per heavy atom. The second-order valence-corrected chi connectivity index (χ2v) is 10.2. The van der Waals surface area contributed by atoms with E-state index >= 15 is 0 Å². The number of fused-ring (bicyclic) bond motifs is 6. The molecule has 2 aliphatic rings. The van der Waals surface area contributed by atoms with E-state index in [9.17, 15) is 9.59 Å². The van der Waals surface area contributed by atoms with Crippen molar-refractivity contribution in [3.05, 3.63) is 76.5 Å². The van der Waals surface area contributed by atoms with E-state index < -0.39 is 0 Å². The highest BCUT2D eigenvalue weighted by Crippen LogP contribution is 2.30. The van der Waals surface area contributed by atoms with Gasteiger partial charge in [0.05, 0.1) is 18.1 Å². The number of hydrogen-bond acceptors (Lipinski definition) is 9. The zero-order valence-corrected chi connectivity index (χ0v) is 21.8. The number of hydrogen-bond donors (Lipinski definition) is 3. The van der Waals surface area contributed by atoms with Gasteiger partial charge in [0, 0.05) is 49.1 Å². The fourth-order valence-electron chi connectivity index (χ4n) is 4.71. The van der Waals surface area contributed by atoms with E-state index in [0.29, 0.717) is 54.2 Å². The van der Waals surface area contributed by atoms with Gasteiger partial charge in [-0.05, 0) is 55.2 Å². The summed E-state index contributed by atoms with van der Waals surface area (Å²) in [5, 5.41) is 13.7. The molecule has 6 rings (SSSR count). The number of rotatable bonds is 4. The van der Waals surface area contributed by atoms with Crippen LogP contribution in [-0.2, 0) is 17.6 Å². The van der Waals surface area contributed by atoms with Crippen LogP contribution in [-0.4, -0.2) is 49.9 Å². The maximum Gasteiger partial charge on any atom is 0.276 e. The van der Waals surface area contributed by atoms with Crippen LogP contribution in [0.25, 0.3) is 0 Å². The average molecular weight is 545 g/mol. The minimum Gasteiger partial charge on any atom is -0.361 e. The topological polar surface area (TPSA) is 138 Å². The van der Waals surface area contributed by atoms with Crippen LogP contribution in [0.4, 0.5) is 28.8 Å². The van der Waals surface area contributed by atoms with Crippen molar-refractivity contribution in [2.75, 3.05) is 29.0 Å². The van der Waals surface area contributed by atoms with E-state index in [1.165, 1.54) is 6.20 Å². The van der Waals surface area contributed by atoms with Crippen molar-refractivity contribution in [2.45, 2.75) is 26.2 Å². The molecule has 3 N–H and O–H groups in total. The molecule has 0 spiro atoms. The molecule has 12 heteroatoms. The summed E-state index contributed by atoms with van der Waals surface area (Å²) in [6.07, 6.45) is 6.78. The molecule has 1 aromatic carbocycles. The number of anilines is 5. The van der Waals surface area contributed by atoms with Gasteiger partial charge < -0.3 is 25.4 Å². The molecule has 5 heterocycles. The number of pyridine rings is 1. The number of carbonyl (C=O) groups is 2. The van der Waals surface area contributed by atoms with E-state index in [1.54, 1.807) is 24.1 Å². The van der Waals surface area contributed by atoms with Crippen LogP contribution in [0.1, 0.15) is 33.8 Å². The number of aryl methyl sites for hydroxylation is 3. The van der Waals surface area contributed by atoms with Crippen LogP contribution >= 0.6 is 11.6 Å². The summed E-state index contributed by atoms with van der Waals surface area (Å²) in [7, 11) is 0. The SMILES string of the molecule is Cc1cc(C(=O)N2CC(CC(=O)Nc3ccc4cc3CCc3cncc(c3)Nc3ncc(Cl)c(n3)N4)C2)no1. The molecule has 0 unspecified atom stereocenters. The molecule has 4 aromatic rings. The Morgan fingerprint density at radius 2 is 1.97 bits per heavy atom. The second-order valence-electron chi connectivity index (χ2n) is 9.75. The summed E-state index contributed by atoms with van der Waals surface area (Å²) in [6, 6.07) is 9.35. The Hall–Kier alpha value is -4.51. The van der Waals surface area contributed by atoms with E-state index in [0.717, 1.165) is 34.6 Å².